The van der Waals surface area contributed by atoms with Gasteiger partial charge < -0.3 is 10.1 Å². The number of carbonyl (C=O) groups is 3. The van der Waals surface area contributed by atoms with E-state index in [0.717, 1.165) is 43.0 Å². The average Bonchev–Trinajstić information content (AvgIpc) is 2.83. The number of methoxy groups -OCH3 is 1. The van der Waals surface area contributed by atoms with Crippen LogP contribution in [0.5, 0.6) is 0 Å². The number of nitrogens with one attached hydrogen (secondary N) is 1. The van der Waals surface area contributed by atoms with Gasteiger partial charge in [-0.15, -0.1) is 0 Å². The van der Waals surface area contributed by atoms with Crippen LogP contribution in [0.2, 0.25) is 10.0 Å². The van der Waals surface area contributed by atoms with E-state index in [1.54, 1.807) is 12.1 Å². The Bertz CT molecular complexity index is 1380. The van der Waals surface area contributed by atoms with E-state index >= 15 is 0 Å². The van der Waals surface area contributed by atoms with E-state index in [2.05, 4.69) is 5.32 Å². The zero-order valence-electron chi connectivity index (χ0n) is 19.5. The highest BCUT2D eigenvalue weighted by atomic mass is 35.5. The summed E-state index contributed by atoms with van der Waals surface area (Å²) >= 11 is 12.6. The van der Waals surface area contributed by atoms with Gasteiger partial charge in [-0.1, -0.05) is 41.4 Å². The van der Waals surface area contributed by atoms with Crippen LogP contribution in [0.1, 0.15) is 33.5 Å². The molecule has 0 heterocycles. The molecule has 1 N–H and O–H groups in total. The van der Waals surface area contributed by atoms with Gasteiger partial charge in [0.05, 0.1) is 17.2 Å². The Morgan fingerprint density at radius 1 is 1.00 bits per heavy atom. The first-order valence-corrected chi connectivity index (χ1v) is 12.0. The molecule has 0 radical (unpaired) electrons. The molecule has 0 unspecified atom stereocenters. The van der Waals surface area contributed by atoms with Crippen LogP contribution >= 0.6 is 23.2 Å². The van der Waals surface area contributed by atoms with E-state index in [0.29, 0.717) is 28.7 Å². The van der Waals surface area contributed by atoms with Crippen molar-refractivity contribution in [2.45, 2.75) is 31.7 Å². The van der Waals surface area contributed by atoms with Crippen molar-refractivity contribution in [2.24, 2.45) is 0 Å². The number of ether oxygens (including phenoxy) is 1. The van der Waals surface area contributed by atoms with Crippen molar-refractivity contribution < 1.29 is 32.3 Å². The van der Waals surface area contributed by atoms with Crippen LogP contribution in [0.15, 0.2) is 42.5 Å². The van der Waals surface area contributed by atoms with Crippen LogP contribution in [0.25, 0.3) is 11.1 Å². The zero-order chi connectivity index (χ0) is 26.9. The topological polar surface area (TPSA) is 72.5 Å². The van der Waals surface area contributed by atoms with Gasteiger partial charge in [-0.3, -0.25) is 9.59 Å². The quantitative estimate of drug-likeness (QED) is 0.403. The highest BCUT2D eigenvalue weighted by Crippen LogP contribution is 2.41. The van der Waals surface area contributed by atoms with Gasteiger partial charge in [-0.05, 0) is 52.9 Å². The third-order valence-electron chi connectivity index (χ3n) is 6.24. The van der Waals surface area contributed by atoms with E-state index in [4.69, 9.17) is 27.9 Å². The molecule has 1 atom stereocenters. The van der Waals surface area contributed by atoms with Crippen molar-refractivity contribution in [1.82, 2.24) is 5.32 Å². The fraction of sp³-hybridized carbons (Fsp3) is 0.222. The first-order valence-electron chi connectivity index (χ1n) is 11.2. The van der Waals surface area contributed by atoms with Crippen molar-refractivity contribution in [3.8, 4) is 11.1 Å². The fourth-order valence-electron chi connectivity index (χ4n) is 4.53. The minimum absolute atomic E-state index is 0.0203. The van der Waals surface area contributed by atoms with E-state index in [-0.39, 0.29) is 35.1 Å². The average molecular weight is 550 g/mol. The Balaban J connectivity index is 1.74. The lowest BCUT2D eigenvalue weighted by molar-refractivity contribution is -0.142. The molecule has 0 fully saturated rings. The minimum Gasteiger partial charge on any atom is -0.467 e. The molecule has 3 aromatic carbocycles. The summed E-state index contributed by atoms with van der Waals surface area (Å²) < 4.78 is 46.8. The molecule has 192 valence electrons. The van der Waals surface area contributed by atoms with E-state index < -0.39 is 40.9 Å². The lowest BCUT2D eigenvalue weighted by atomic mass is 9.81. The second kappa shape index (κ2) is 10.9. The van der Waals surface area contributed by atoms with Crippen LogP contribution in [0.4, 0.5) is 13.2 Å². The van der Waals surface area contributed by atoms with Crippen molar-refractivity contribution in [2.75, 3.05) is 7.11 Å². The molecule has 37 heavy (non-hydrogen) atoms. The van der Waals surface area contributed by atoms with E-state index in [9.17, 15) is 27.6 Å². The van der Waals surface area contributed by atoms with Crippen LogP contribution in [0, 0.1) is 17.5 Å². The molecule has 4 rings (SSSR count). The van der Waals surface area contributed by atoms with Gasteiger partial charge in [0.2, 0.25) is 0 Å². The normalized spacial score (nSPS) is 13.6. The zero-order valence-corrected chi connectivity index (χ0v) is 21.0. The van der Waals surface area contributed by atoms with E-state index in [1.165, 1.54) is 0 Å². The Morgan fingerprint density at radius 3 is 2.27 bits per heavy atom. The third-order valence-corrected chi connectivity index (χ3v) is 6.83. The molecule has 1 aliphatic carbocycles. The number of carbonyl (C=O) groups excluding carboxylic acids is 3. The summed E-state index contributed by atoms with van der Waals surface area (Å²) in [5.41, 5.74) is 2.09. The number of ketones is 1. The van der Waals surface area contributed by atoms with Gasteiger partial charge in [-0.25, -0.2) is 18.0 Å². The molecule has 10 heteroatoms. The molecule has 0 aliphatic heterocycles. The molecule has 1 aliphatic rings. The van der Waals surface area contributed by atoms with Crippen LogP contribution in [-0.4, -0.2) is 30.8 Å². The first kappa shape index (κ1) is 26.7. The summed E-state index contributed by atoms with van der Waals surface area (Å²) in [6.07, 6.45) is 0.593. The maximum Gasteiger partial charge on any atom is 0.328 e. The Kier molecular flexibility index (Phi) is 7.90. The van der Waals surface area contributed by atoms with Crippen molar-refractivity contribution >= 4 is 40.9 Å². The minimum atomic E-state index is -1.28. The number of Topliss-reactive ketones (excluding diaryl/α,β-unsaturated/α-hetero) is 1. The number of fused-ring (bicyclic) bond motifs is 1. The molecule has 3 aromatic rings. The molecular weight excluding hydrogens is 530 g/mol. The van der Waals surface area contributed by atoms with Crippen LogP contribution in [-0.2, 0) is 33.6 Å². The predicted octanol–water partition coefficient (Wildman–Crippen LogP) is 5.65. The fourth-order valence-corrected chi connectivity index (χ4v) is 5.19. The largest absolute Gasteiger partial charge is 0.467 e. The lowest BCUT2D eigenvalue weighted by Crippen LogP contribution is -2.44. The second-order valence-electron chi connectivity index (χ2n) is 8.54. The third kappa shape index (κ3) is 5.50. The van der Waals surface area contributed by atoms with E-state index in [1.807, 2.05) is 0 Å². The van der Waals surface area contributed by atoms with Gasteiger partial charge in [0.15, 0.2) is 0 Å². The number of benzene rings is 3. The summed E-state index contributed by atoms with van der Waals surface area (Å²) in [5, 5.41) is 2.50. The SMILES string of the molecule is COC(=O)[C@H](Cc1ccc(-c2c(Cl)cc(F)cc2Cl)c2c1CCC(=O)C2)NC(=O)c1c(F)cccc1F. The molecule has 0 aromatic heterocycles. The van der Waals surface area contributed by atoms with Crippen LogP contribution < -0.4 is 5.32 Å². The molecule has 0 saturated carbocycles. The number of amides is 1. The van der Waals surface area contributed by atoms with Gasteiger partial charge in [-0.2, -0.15) is 0 Å². The number of hydrogen-bond acceptors (Lipinski definition) is 4. The summed E-state index contributed by atoms with van der Waals surface area (Å²) in [5.74, 6) is -4.71. The van der Waals surface area contributed by atoms with Gasteiger partial charge >= 0.3 is 5.97 Å². The van der Waals surface area contributed by atoms with Gasteiger partial charge in [0, 0.05) is 24.8 Å². The standard InChI is InChI=1S/C27H20Cl2F3NO4/c1-37-27(36)23(33-26(35)25-21(31)3-2-4-22(25)32)9-13-5-7-17(18-12-15(34)6-8-16(13)18)24-19(28)10-14(30)11-20(24)29/h2-5,7,10-11,23H,6,8-9,12H2,1H3,(H,33,35)/t23-/m0/s1. The molecule has 0 spiro atoms. The van der Waals surface area contributed by atoms with Crippen LogP contribution in [0.3, 0.4) is 0 Å². The Labute approximate surface area is 220 Å². The van der Waals surface area contributed by atoms with Crippen molar-refractivity contribution in [3.63, 3.8) is 0 Å². The Morgan fingerprint density at radius 2 is 1.65 bits per heavy atom. The predicted molar refractivity (Wildman–Crippen MR) is 132 cm³/mol. The van der Waals surface area contributed by atoms with Gasteiger partial charge in [0.1, 0.15) is 34.8 Å². The highest BCUT2D eigenvalue weighted by molar-refractivity contribution is 6.39. The second-order valence-corrected chi connectivity index (χ2v) is 9.35. The van der Waals surface area contributed by atoms with Crippen molar-refractivity contribution in [1.29, 1.82) is 0 Å². The Hall–Kier alpha value is -3.36. The lowest BCUT2D eigenvalue weighted by Gasteiger charge is -2.25. The maximum atomic E-state index is 14.1. The molecular formula is C27H20Cl2F3NO4. The summed E-state index contributed by atoms with van der Waals surface area (Å²) in [4.78, 5) is 37.6. The monoisotopic (exact) mass is 549 g/mol. The first-order chi connectivity index (χ1) is 17.6. The number of rotatable bonds is 6. The molecule has 1 amide bonds. The molecule has 5 nitrogen and oxygen atoms in total. The number of halogens is 5. The summed E-state index contributed by atoms with van der Waals surface area (Å²) in [6, 6.07) is 7.30. The summed E-state index contributed by atoms with van der Waals surface area (Å²) in [6.45, 7) is 0. The number of hydrogen-bond donors (Lipinski definition) is 1. The van der Waals surface area contributed by atoms with Gasteiger partial charge in [0.25, 0.3) is 5.91 Å². The molecule has 0 saturated heterocycles. The van der Waals surface area contributed by atoms with Crippen molar-refractivity contribution in [3.05, 3.63) is 92.2 Å². The maximum absolute atomic E-state index is 14.1. The smallest absolute Gasteiger partial charge is 0.328 e. The number of esters is 1. The molecule has 0 bridgehead atoms. The summed E-state index contributed by atoms with van der Waals surface area (Å²) in [7, 11) is 1.13. The highest BCUT2D eigenvalue weighted by Gasteiger charge is 2.29.